The first-order chi connectivity index (χ1) is 9.18. The summed E-state index contributed by atoms with van der Waals surface area (Å²) in [5.74, 6) is -0.777. The number of carbonyl (C=O) groups excluding carboxylic acids is 1. The van der Waals surface area contributed by atoms with E-state index in [4.69, 9.17) is 8.92 Å². The molecule has 1 aromatic carbocycles. The van der Waals surface area contributed by atoms with E-state index in [0.29, 0.717) is 5.56 Å². The van der Waals surface area contributed by atoms with Crippen LogP contribution in [0.3, 0.4) is 0 Å². The van der Waals surface area contributed by atoms with Crippen LogP contribution in [0.15, 0.2) is 34.7 Å². The molecule has 0 bridgehead atoms. The highest BCUT2D eigenvalue weighted by Crippen LogP contribution is 2.22. The second-order valence-electron chi connectivity index (χ2n) is 5.28. The molecule has 20 heavy (non-hydrogen) atoms. The molecule has 1 aliphatic rings. The van der Waals surface area contributed by atoms with Crippen LogP contribution in [-0.2, 0) is 24.0 Å². The van der Waals surface area contributed by atoms with Gasteiger partial charge in [0.15, 0.2) is 0 Å². The van der Waals surface area contributed by atoms with E-state index in [1.165, 1.54) is 0 Å². The van der Waals surface area contributed by atoms with Gasteiger partial charge in [-0.15, -0.1) is 4.40 Å². The first-order valence-electron chi connectivity index (χ1n) is 5.99. The van der Waals surface area contributed by atoms with Gasteiger partial charge in [0.1, 0.15) is 11.3 Å². The van der Waals surface area contributed by atoms with Crippen LogP contribution >= 0.6 is 0 Å². The molecular weight excluding hydrogens is 282 g/mol. The fourth-order valence-electron chi connectivity index (χ4n) is 1.68. The van der Waals surface area contributed by atoms with Crippen molar-refractivity contribution in [3.63, 3.8) is 0 Å². The molecule has 1 heterocycles. The molecule has 1 atom stereocenters. The van der Waals surface area contributed by atoms with Gasteiger partial charge in [0.05, 0.1) is 0 Å². The van der Waals surface area contributed by atoms with Crippen LogP contribution in [0.2, 0.25) is 0 Å². The van der Waals surface area contributed by atoms with E-state index in [-0.39, 0.29) is 5.71 Å². The largest absolute Gasteiger partial charge is 0.458 e. The first kappa shape index (κ1) is 14.7. The molecule has 0 radical (unpaired) electrons. The van der Waals surface area contributed by atoms with Gasteiger partial charge in [-0.05, 0) is 20.8 Å². The first-order valence-corrected chi connectivity index (χ1v) is 7.36. The number of esters is 1. The average Bonchev–Trinajstić information content (AvgIpc) is 2.65. The number of ether oxygens (including phenoxy) is 1. The topological polar surface area (TPSA) is 82.0 Å². The maximum Gasteiger partial charge on any atom is 0.382 e. The van der Waals surface area contributed by atoms with Crippen LogP contribution in [0.1, 0.15) is 26.3 Å². The van der Waals surface area contributed by atoms with E-state index in [2.05, 4.69) is 4.40 Å². The number of benzene rings is 1. The normalized spacial score (nSPS) is 21.4. The van der Waals surface area contributed by atoms with Gasteiger partial charge in [0.25, 0.3) is 0 Å². The summed E-state index contributed by atoms with van der Waals surface area (Å²) >= 11 is 0. The van der Waals surface area contributed by atoms with Crippen molar-refractivity contribution in [3.8, 4) is 0 Å². The molecule has 1 aliphatic heterocycles. The van der Waals surface area contributed by atoms with Crippen LogP contribution in [0, 0.1) is 0 Å². The molecule has 0 amide bonds. The van der Waals surface area contributed by atoms with E-state index >= 15 is 0 Å². The minimum Gasteiger partial charge on any atom is -0.458 e. The average molecular weight is 297 g/mol. The number of nitrogens with zero attached hydrogens (tertiary/aromatic N) is 1. The summed E-state index contributed by atoms with van der Waals surface area (Å²) in [5.41, 5.74) is -0.196. The maximum atomic E-state index is 12.0. The number of carbonyl (C=O) groups is 1. The van der Waals surface area contributed by atoms with Gasteiger partial charge in [0.2, 0.25) is 6.10 Å². The highest BCUT2D eigenvalue weighted by molar-refractivity contribution is 7.86. The summed E-state index contributed by atoms with van der Waals surface area (Å²) in [7, 11) is -4.11. The lowest BCUT2D eigenvalue weighted by molar-refractivity contribution is -0.159. The molecule has 0 N–H and O–H groups in total. The van der Waals surface area contributed by atoms with E-state index in [1.807, 2.05) is 0 Å². The Hall–Kier alpha value is -1.73. The Kier molecular flexibility index (Phi) is 3.66. The SMILES string of the molecule is CC(C)(C)OC(=O)C1OS(=O)(=O)N=C1c1ccccc1. The van der Waals surface area contributed by atoms with Crippen molar-refractivity contribution in [2.75, 3.05) is 0 Å². The van der Waals surface area contributed by atoms with Crippen LogP contribution in [-0.4, -0.2) is 31.8 Å². The molecule has 0 saturated carbocycles. The smallest absolute Gasteiger partial charge is 0.382 e. The third-order valence-corrected chi connectivity index (χ3v) is 3.22. The third-order valence-electron chi connectivity index (χ3n) is 2.37. The summed E-state index contributed by atoms with van der Waals surface area (Å²) in [6, 6.07) is 8.52. The lowest BCUT2D eigenvalue weighted by Gasteiger charge is -2.21. The van der Waals surface area contributed by atoms with Crippen molar-refractivity contribution < 1.29 is 22.1 Å². The molecule has 1 unspecified atom stereocenters. The summed E-state index contributed by atoms with van der Waals surface area (Å²) in [5, 5.41) is 0. The minimum absolute atomic E-state index is 0.0415. The Morgan fingerprint density at radius 3 is 2.40 bits per heavy atom. The molecular formula is C13H15NO5S. The van der Waals surface area contributed by atoms with Crippen molar-refractivity contribution in [1.29, 1.82) is 0 Å². The molecule has 0 saturated heterocycles. The molecule has 108 valence electrons. The van der Waals surface area contributed by atoms with E-state index in [9.17, 15) is 13.2 Å². The third kappa shape index (κ3) is 3.43. The fourth-order valence-corrected chi connectivity index (χ4v) is 2.57. The zero-order chi connectivity index (χ0) is 15.0. The Labute approximate surface area is 117 Å². The lowest BCUT2D eigenvalue weighted by atomic mass is 10.1. The van der Waals surface area contributed by atoms with E-state index < -0.39 is 28.0 Å². The molecule has 6 nitrogen and oxygen atoms in total. The van der Waals surface area contributed by atoms with Crippen molar-refractivity contribution in [3.05, 3.63) is 35.9 Å². The second kappa shape index (κ2) is 4.99. The number of hydrogen-bond donors (Lipinski definition) is 0. The van der Waals surface area contributed by atoms with Gasteiger partial charge in [-0.1, -0.05) is 30.3 Å². The van der Waals surface area contributed by atoms with Crippen molar-refractivity contribution in [2.45, 2.75) is 32.5 Å². The lowest BCUT2D eigenvalue weighted by Crippen LogP contribution is -2.36. The molecule has 2 rings (SSSR count). The summed E-state index contributed by atoms with van der Waals surface area (Å²) in [4.78, 5) is 12.0. The summed E-state index contributed by atoms with van der Waals surface area (Å²) < 4.78 is 36.3. The summed E-state index contributed by atoms with van der Waals surface area (Å²) in [6.45, 7) is 5.06. The Morgan fingerprint density at radius 1 is 1.25 bits per heavy atom. The zero-order valence-electron chi connectivity index (χ0n) is 11.4. The highest BCUT2D eigenvalue weighted by atomic mass is 32.2. The molecule has 7 heteroatoms. The summed E-state index contributed by atoms with van der Waals surface area (Å²) in [6.07, 6.45) is -1.36. The van der Waals surface area contributed by atoms with Gasteiger partial charge in [-0.3, -0.25) is 0 Å². The van der Waals surface area contributed by atoms with Gasteiger partial charge in [0, 0.05) is 5.56 Å². The molecule has 1 aromatic rings. The predicted octanol–water partition coefficient (Wildman–Crippen LogP) is 1.46. The fraction of sp³-hybridized carbons (Fsp3) is 0.385. The van der Waals surface area contributed by atoms with Gasteiger partial charge >= 0.3 is 16.3 Å². The molecule has 0 aliphatic carbocycles. The van der Waals surface area contributed by atoms with E-state index in [1.54, 1.807) is 51.1 Å². The monoisotopic (exact) mass is 297 g/mol. The second-order valence-corrected chi connectivity index (χ2v) is 6.51. The van der Waals surface area contributed by atoms with Crippen LogP contribution in [0.25, 0.3) is 0 Å². The number of rotatable bonds is 2. The Morgan fingerprint density at radius 2 is 1.85 bits per heavy atom. The van der Waals surface area contributed by atoms with Crippen LogP contribution < -0.4 is 0 Å². The molecule has 0 spiro atoms. The predicted molar refractivity (Wildman–Crippen MR) is 72.6 cm³/mol. The van der Waals surface area contributed by atoms with Crippen LogP contribution in [0.4, 0.5) is 0 Å². The molecule has 0 aromatic heterocycles. The minimum atomic E-state index is -4.11. The van der Waals surface area contributed by atoms with Crippen molar-refractivity contribution in [2.24, 2.45) is 4.40 Å². The van der Waals surface area contributed by atoms with Crippen molar-refractivity contribution >= 4 is 22.0 Å². The Balaban J connectivity index is 2.35. The van der Waals surface area contributed by atoms with E-state index in [0.717, 1.165) is 0 Å². The molecule has 0 fully saturated rings. The maximum absolute atomic E-state index is 12.0. The quantitative estimate of drug-likeness (QED) is 0.772. The van der Waals surface area contributed by atoms with Crippen LogP contribution in [0.5, 0.6) is 0 Å². The standard InChI is InChI=1S/C13H15NO5S/c1-13(2,3)18-12(15)11-10(14-20(16,17)19-11)9-7-5-4-6-8-9/h4-8,11H,1-3H3. The van der Waals surface area contributed by atoms with Gasteiger partial charge in [-0.25, -0.2) is 8.98 Å². The highest BCUT2D eigenvalue weighted by Gasteiger charge is 2.41. The number of hydrogen-bond acceptors (Lipinski definition) is 5. The van der Waals surface area contributed by atoms with Gasteiger partial charge in [-0.2, -0.15) is 8.42 Å². The van der Waals surface area contributed by atoms with Gasteiger partial charge < -0.3 is 4.74 Å². The zero-order valence-corrected chi connectivity index (χ0v) is 12.2. The Bertz CT molecular complexity index is 643. The van der Waals surface area contributed by atoms with Crippen molar-refractivity contribution in [1.82, 2.24) is 0 Å².